The fraction of sp³-hybridized carbons (Fsp3) is 0.207. The topological polar surface area (TPSA) is 95.7 Å². The summed E-state index contributed by atoms with van der Waals surface area (Å²) in [6.45, 7) is 4.28. The van der Waals surface area contributed by atoms with E-state index in [1.54, 1.807) is 11.7 Å². The predicted molar refractivity (Wildman–Crippen MR) is 147 cm³/mol. The van der Waals surface area contributed by atoms with Gasteiger partial charge in [-0.15, -0.1) is 0 Å². The van der Waals surface area contributed by atoms with Gasteiger partial charge in [-0.05, 0) is 43.2 Å². The zero-order valence-corrected chi connectivity index (χ0v) is 21.4. The van der Waals surface area contributed by atoms with Gasteiger partial charge in [-0.2, -0.15) is 5.10 Å². The Labute approximate surface area is 220 Å². The van der Waals surface area contributed by atoms with Gasteiger partial charge >= 0.3 is 0 Å². The van der Waals surface area contributed by atoms with E-state index in [1.807, 2.05) is 86.6 Å². The van der Waals surface area contributed by atoms with Crippen molar-refractivity contribution in [3.05, 3.63) is 89.6 Å². The van der Waals surface area contributed by atoms with Crippen LogP contribution in [0.5, 0.6) is 0 Å². The lowest BCUT2D eigenvalue weighted by molar-refractivity contribution is -0.118. The summed E-state index contributed by atoms with van der Waals surface area (Å²) in [6.07, 6.45) is 0.550. The number of rotatable bonds is 6. The number of guanidine groups is 1. The van der Waals surface area contributed by atoms with E-state index in [2.05, 4.69) is 15.3 Å². The second kappa shape index (κ2) is 9.26. The molecule has 0 fully saturated rings. The van der Waals surface area contributed by atoms with Crippen molar-refractivity contribution in [1.82, 2.24) is 19.7 Å². The van der Waals surface area contributed by atoms with E-state index in [1.165, 1.54) is 9.80 Å². The lowest BCUT2D eigenvalue weighted by Crippen LogP contribution is -2.50. The Hall–Kier alpha value is -4.79. The molecule has 4 aromatic rings. The van der Waals surface area contributed by atoms with Crippen molar-refractivity contribution in [3.8, 4) is 11.3 Å². The number of aromatic nitrogens is 3. The third-order valence-corrected chi connectivity index (χ3v) is 6.83. The zero-order chi connectivity index (χ0) is 26.4. The van der Waals surface area contributed by atoms with Crippen molar-refractivity contribution in [3.63, 3.8) is 0 Å². The Bertz CT molecular complexity index is 1570. The maximum Gasteiger partial charge on any atom is 0.267 e. The smallest absolute Gasteiger partial charge is 0.267 e. The molecule has 9 heteroatoms. The first-order valence-electron chi connectivity index (χ1n) is 12.6. The molecular weight excluding hydrogens is 478 g/mol. The molecule has 190 valence electrons. The molecule has 6 rings (SSSR count). The lowest BCUT2D eigenvalue weighted by Gasteiger charge is -2.29. The molecule has 38 heavy (non-hydrogen) atoms. The highest BCUT2D eigenvalue weighted by molar-refractivity contribution is 6.31. The van der Waals surface area contributed by atoms with Gasteiger partial charge in [0.05, 0.1) is 12.2 Å². The number of aliphatic imine (C=N–C) groups is 1. The van der Waals surface area contributed by atoms with Crippen LogP contribution in [-0.2, 0) is 11.3 Å². The van der Waals surface area contributed by atoms with Crippen molar-refractivity contribution in [2.75, 3.05) is 17.3 Å². The van der Waals surface area contributed by atoms with Gasteiger partial charge in [0.25, 0.3) is 11.8 Å². The Morgan fingerprint density at radius 3 is 2.42 bits per heavy atom. The average molecular weight is 506 g/mol. The summed E-state index contributed by atoms with van der Waals surface area (Å²) in [7, 11) is 1.64. The number of nitrogens with zero attached hydrogens (tertiary/aromatic N) is 6. The summed E-state index contributed by atoms with van der Waals surface area (Å²) in [5.41, 5.74) is 5.05. The summed E-state index contributed by atoms with van der Waals surface area (Å²) < 4.78 is 1.75. The van der Waals surface area contributed by atoms with E-state index in [-0.39, 0.29) is 11.8 Å². The van der Waals surface area contributed by atoms with Crippen LogP contribution in [0.3, 0.4) is 0 Å². The summed E-state index contributed by atoms with van der Waals surface area (Å²) in [4.78, 5) is 38.8. The molecule has 0 radical (unpaired) electrons. The Morgan fingerprint density at radius 1 is 0.947 bits per heavy atom. The molecule has 0 aliphatic carbocycles. The molecule has 2 amide bonds. The molecule has 0 unspecified atom stereocenters. The van der Waals surface area contributed by atoms with Crippen molar-refractivity contribution in [2.45, 2.75) is 32.9 Å². The highest BCUT2D eigenvalue weighted by atomic mass is 16.2. The highest BCUT2D eigenvalue weighted by Crippen LogP contribution is 2.38. The molecular formula is C29H27N7O2. The Balaban J connectivity index is 1.41. The maximum atomic E-state index is 13.6. The number of anilines is 3. The van der Waals surface area contributed by atoms with E-state index in [9.17, 15) is 9.59 Å². The van der Waals surface area contributed by atoms with E-state index in [0.717, 1.165) is 28.2 Å². The number of carbonyl (C=O) groups is 2. The minimum atomic E-state index is -0.523. The van der Waals surface area contributed by atoms with Crippen LogP contribution >= 0.6 is 0 Å². The summed E-state index contributed by atoms with van der Waals surface area (Å²) in [5.74, 6) is 0.732. The number of para-hydroxylation sites is 1. The van der Waals surface area contributed by atoms with Gasteiger partial charge in [0, 0.05) is 24.0 Å². The molecule has 4 heterocycles. The van der Waals surface area contributed by atoms with Gasteiger partial charge in [-0.25, -0.2) is 14.6 Å². The standard InChI is InChI=1S/C29H27N7O2/c1-4-22-27(37)36-26-24(28(38)34(3)29(36)32-22)25(31-21-10-6-5-7-11-21)35(33-26)17-19-13-15-20(16-14-19)23-12-8-9-18(2)30-23/h5-16,22,31H,4,17H2,1-3H3/t22-/m1/s1. The van der Waals surface area contributed by atoms with Crippen LogP contribution in [0, 0.1) is 6.92 Å². The van der Waals surface area contributed by atoms with Crippen molar-refractivity contribution in [1.29, 1.82) is 0 Å². The van der Waals surface area contributed by atoms with Crippen LogP contribution in [0.25, 0.3) is 11.3 Å². The second-order valence-corrected chi connectivity index (χ2v) is 9.45. The van der Waals surface area contributed by atoms with Crippen molar-refractivity contribution in [2.24, 2.45) is 4.99 Å². The molecule has 2 aliphatic heterocycles. The minimum absolute atomic E-state index is 0.172. The molecule has 1 atom stereocenters. The van der Waals surface area contributed by atoms with Gasteiger partial charge in [-0.3, -0.25) is 19.5 Å². The molecule has 9 nitrogen and oxygen atoms in total. The molecule has 2 aromatic carbocycles. The first kappa shape index (κ1) is 23.6. The molecule has 0 saturated carbocycles. The second-order valence-electron chi connectivity index (χ2n) is 9.45. The Morgan fingerprint density at radius 2 is 1.71 bits per heavy atom. The van der Waals surface area contributed by atoms with Gasteiger partial charge in [0.15, 0.2) is 5.82 Å². The van der Waals surface area contributed by atoms with E-state index in [4.69, 9.17) is 5.10 Å². The highest BCUT2D eigenvalue weighted by Gasteiger charge is 2.47. The average Bonchev–Trinajstić information content (AvgIpc) is 3.45. The van der Waals surface area contributed by atoms with Gasteiger partial charge < -0.3 is 5.32 Å². The Kier molecular flexibility index (Phi) is 5.75. The predicted octanol–water partition coefficient (Wildman–Crippen LogP) is 4.61. The lowest BCUT2D eigenvalue weighted by atomic mass is 10.1. The summed E-state index contributed by atoms with van der Waals surface area (Å²) >= 11 is 0. The van der Waals surface area contributed by atoms with Gasteiger partial charge in [-0.1, -0.05) is 55.5 Å². The van der Waals surface area contributed by atoms with E-state index in [0.29, 0.717) is 36.1 Å². The normalized spacial score (nSPS) is 16.4. The molecule has 0 bridgehead atoms. The quantitative estimate of drug-likeness (QED) is 0.413. The first-order valence-corrected chi connectivity index (χ1v) is 12.6. The third kappa shape index (κ3) is 3.92. The van der Waals surface area contributed by atoms with E-state index >= 15 is 0 Å². The number of carbonyl (C=O) groups excluding carboxylic acids is 2. The van der Waals surface area contributed by atoms with Crippen LogP contribution in [0.1, 0.15) is 35.0 Å². The number of benzene rings is 2. The number of fused-ring (bicyclic) bond motifs is 3. The van der Waals surface area contributed by atoms with Crippen LogP contribution < -0.4 is 10.2 Å². The summed E-state index contributed by atoms with van der Waals surface area (Å²) in [6, 6.07) is 23.2. The molecule has 2 aliphatic rings. The van der Waals surface area contributed by atoms with Crippen LogP contribution in [0.4, 0.5) is 17.3 Å². The number of hydrogen-bond acceptors (Lipinski definition) is 6. The minimum Gasteiger partial charge on any atom is -0.340 e. The molecule has 2 aromatic heterocycles. The monoisotopic (exact) mass is 505 g/mol. The number of pyridine rings is 1. The molecule has 0 saturated heterocycles. The number of nitrogens with one attached hydrogen (secondary N) is 1. The first-order chi connectivity index (χ1) is 18.4. The largest absolute Gasteiger partial charge is 0.340 e. The fourth-order valence-electron chi connectivity index (χ4n) is 4.82. The van der Waals surface area contributed by atoms with Crippen molar-refractivity contribution >= 4 is 35.1 Å². The fourth-order valence-corrected chi connectivity index (χ4v) is 4.82. The van der Waals surface area contributed by atoms with Crippen LogP contribution in [0.15, 0.2) is 77.8 Å². The zero-order valence-electron chi connectivity index (χ0n) is 21.4. The third-order valence-electron chi connectivity index (χ3n) is 6.83. The molecule has 1 N–H and O–H groups in total. The number of aryl methyl sites for hydroxylation is 1. The number of amides is 2. The SMILES string of the molecule is CC[C@H]1N=C2N(C)C(=O)c3c(nn(Cc4ccc(-c5cccc(C)n5)cc4)c3Nc3ccccc3)N2C1=O. The van der Waals surface area contributed by atoms with Gasteiger partial charge in [0.2, 0.25) is 5.96 Å². The van der Waals surface area contributed by atoms with Crippen molar-refractivity contribution < 1.29 is 9.59 Å². The van der Waals surface area contributed by atoms with Crippen LogP contribution in [0.2, 0.25) is 0 Å². The van der Waals surface area contributed by atoms with Crippen LogP contribution in [-0.4, -0.2) is 50.5 Å². The summed E-state index contributed by atoms with van der Waals surface area (Å²) in [5, 5.41) is 8.18. The van der Waals surface area contributed by atoms with Gasteiger partial charge in [0.1, 0.15) is 17.4 Å². The molecule has 0 spiro atoms. The van der Waals surface area contributed by atoms with E-state index < -0.39 is 6.04 Å². The maximum absolute atomic E-state index is 13.6. The number of hydrogen-bond donors (Lipinski definition) is 1.